The van der Waals surface area contributed by atoms with E-state index in [0.717, 1.165) is 28.8 Å². The number of hydrogen-bond acceptors (Lipinski definition) is 2. The predicted octanol–water partition coefficient (Wildman–Crippen LogP) is 5.86. The Labute approximate surface area is 173 Å². The van der Waals surface area contributed by atoms with Gasteiger partial charge in [0, 0.05) is 5.02 Å². The van der Waals surface area contributed by atoms with Crippen LogP contribution in [-0.4, -0.2) is 29.1 Å². The highest BCUT2D eigenvalue weighted by atomic mass is 35.5. The van der Waals surface area contributed by atoms with Gasteiger partial charge in [-0.1, -0.05) is 35.4 Å². The molecule has 1 fully saturated rings. The monoisotopic (exact) mass is 425 g/mol. The van der Waals surface area contributed by atoms with Crippen molar-refractivity contribution in [3.05, 3.63) is 69.2 Å². The second-order valence-electron chi connectivity index (χ2n) is 7.65. The molecule has 156 valence electrons. The zero-order chi connectivity index (χ0) is 21.3. The normalized spacial score (nSPS) is 17.3. The van der Waals surface area contributed by atoms with Crippen LogP contribution < -0.4 is 0 Å². The topological polar surface area (TPSA) is 40.5 Å². The van der Waals surface area contributed by atoms with Gasteiger partial charge in [0.2, 0.25) is 0 Å². The molecule has 1 saturated heterocycles. The highest BCUT2D eigenvalue weighted by molar-refractivity contribution is 6.31. The minimum Gasteiger partial charge on any atom is -0.481 e. The number of nitrogens with zero attached hydrogens (tertiary/aromatic N) is 1. The number of halogens is 4. The Bertz CT molecular complexity index is 905. The Balaban J connectivity index is 2.08. The van der Waals surface area contributed by atoms with Crippen LogP contribution in [0, 0.1) is 19.8 Å². The summed E-state index contributed by atoms with van der Waals surface area (Å²) in [6.45, 7) is 4.84. The SMILES string of the molecule is Cc1ccc(C(c2cc(C(F)(F)F)ccc2Cl)N2CCC(C(=O)O)CC2)c(C)c1. The van der Waals surface area contributed by atoms with E-state index in [9.17, 15) is 23.1 Å². The zero-order valence-electron chi connectivity index (χ0n) is 16.3. The van der Waals surface area contributed by atoms with Crippen molar-refractivity contribution in [1.29, 1.82) is 0 Å². The van der Waals surface area contributed by atoms with Gasteiger partial charge in [0.1, 0.15) is 0 Å². The van der Waals surface area contributed by atoms with Gasteiger partial charge in [0.15, 0.2) is 0 Å². The maximum absolute atomic E-state index is 13.4. The first kappa shape index (κ1) is 21.7. The number of aryl methyl sites for hydroxylation is 2. The van der Waals surface area contributed by atoms with Crippen LogP contribution in [-0.2, 0) is 11.0 Å². The lowest BCUT2D eigenvalue weighted by atomic mass is 9.88. The number of carbonyl (C=O) groups is 1. The van der Waals surface area contributed by atoms with Crippen molar-refractivity contribution in [2.24, 2.45) is 5.92 Å². The van der Waals surface area contributed by atoms with E-state index in [-0.39, 0.29) is 5.02 Å². The summed E-state index contributed by atoms with van der Waals surface area (Å²) in [5.74, 6) is -1.26. The molecule has 1 heterocycles. The maximum atomic E-state index is 13.4. The quantitative estimate of drug-likeness (QED) is 0.666. The molecule has 2 aromatic rings. The summed E-state index contributed by atoms with van der Waals surface area (Å²) >= 11 is 6.38. The largest absolute Gasteiger partial charge is 0.481 e. The third-order valence-electron chi connectivity index (χ3n) is 5.58. The molecule has 0 bridgehead atoms. The van der Waals surface area contributed by atoms with E-state index in [2.05, 4.69) is 0 Å². The fraction of sp³-hybridized carbons (Fsp3) is 0.409. The lowest BCUT2D eigenvalue weighted by Crippen LogP contribution is -2.39. The molecule has 0 aliphatic carbocycles. The number of carboxylic acids is 1. The minimum absolute atomic E-state index is 0.267. The Kier molecular flexibility index (Phi) is 6.24. The Hall–Kier alpha value is -2.05. The molecular formula is C22H23ClF3NO2. The molecule has 0 spiro atoms. The molecule has 29 heavy (non-hydrogen) atoms. The first-order valence-electron chi connectivity index (χ1n) is 9.48. The highest BCUT2D eigenvalue weighted by Crippen LogP contribution is 2.40. The standard InChI is InChI=1S/C22H23ClF3NO2/c1-13-3-5-17(14(2)11-13)20(27-9-7-15(8-10-27)21(28)29)18-12-16(22(24,25)26)4-6-19(18)23/h3-6,11-12,15,20H,7-10H2,1-2H3,(H,28,29). The van der Waals surface area contributed by atoms with Crippen LogP contribution in [0.1, 0.15) is 46.7 Å². The number of carboxylic acid groups (broad SMARTS) is 1. The molecule has 1 N–H and O–H groups in total. The number of benzene rings is 2. The number of aliphatic carboxylic acids is 1. The molecule has 3 nitrogen and oxygen atoms in total. The molecule has 1 aliphatic heterocycles. The van der Waals surface area contributed by atoms with Crippen LogP contribution in [0.25, 0.3) is 0 Å². The van der Waals surface area contributed by atoms with Gasteiger partial charge in [-0.25, -0.2) is 0 Å². The van der Waals surface area contributed by atoms with Crippen LogP contribution in [0.5, 0.6) is 0 Å². The van der Waals surface area contributed by atoms with Crippen molar-refractivity contribution < 1.29 is 23.1 Å². The lowest BCUT2D eigenvalue weighted by molar-refractivity contribution is -0.143. The first-order chi connectivity index (χ1) is 13.6. The van der Waals surface area contributed by atoms with E-state index in [1.807, 2.05) is 36.9 Å². The molecule has 2 aromatic carbocycles. The Morgan fingerprint density at radius 3 is 2.31 bits per heavy atom. The lowest BCUT2D eigenvalue weighted by Gasteiger charge is -2.38. The first-order valence-corrected chi connectivity index (χ1v) is 9.86. The van der Waals surface area contributed by atoms with E-state index in [0.29, 0.717) is 31.5 Å². The molecule has 0 radical (unpaired) electrons. The van der Waals surface area contributed by atoms with E-state index in [1.54, 1.807) is 0 Å². The van der Waals surface area contributed by atoms with E-state index >= 15 is 0 Å². The van der Waals surface area contributed by atoms with Crippen LogP contribution in [0.4, 0.5) is 13.2 Å². The Morgan fingerprint density at radius 2 is 1.76 bits per heavy atom. The van der Waals surface area contributed by atoms with Crippen LogP contribution in [0.3, 0.4) is 0 Å². The fourth-order valence-corrected chi connectivity index (χ4v) is 4.25. The average Bonchev–Trinajstić information content (AvgIpc) is 2.64. The van der Waals surface area contributed by atoms with Gasteiger partial charge in [-0.2, -0.15) is 13.2 Å². The third kappa shape index (κ3) is 4.75. The van der Waals surface area contributed by atoms with Gasteiger partial charge in [0.25, 0.3) is 0 Å². The maximum Gasteiger partial charge on any atom is 0.416 e. The van der Waals surface area contributed by atoms with Crippen molar-refractivity contribution in [1.82, 2.24) is 4.90 Å². The number of rotatable bonds is 4. The van der Waals surface area contributed by atoms with Gasteiger partial charge in [-0.3, -0.25) is 9.69 Å². The molecule has 1 atom stereocenters. The number of piperidine rings is 1. The highest BCUT2D eigenvalue weighted by Gasteiger charge is 2.35. The summed E-state index contributed by atoms with van der Waals surface area (Å²) < 4.78 is 40.1. The van der Waals surface area contributed by atoms with Crippen LogP contribution >= 0.6 is 11.6 Å². The Morgan fingerprint density at radius 1 is 1.10 bits per heavy atom. The minimum atomic E-state index is -4.47. The van der Waals surface area contributed by atoms with Gasteiger partial charge < -0.3 is 5.11 Å². The average molecular weight is 426 g/mol. The van der Waals surface area contributed by atoms with Crippen molar-refractivity contribution in [2.75, 3.05) is 13.1 Å². The van der Waals surface area contributed by atoms with Gasteiger partial charge in [-0.15, -0.1) is 0 Å². The number of likely N-dealkylation sites (tertiary alicyclic amines) is 1. The molecule has 1 unspecified atom stereocenters. The second-order valence-corrected chi connectivity index (χ2v) is 8.05. The molecule has 7 heteroatoms. The van der Waals surface area contributed by atoms with Crippen molar-refractivity contribution >= 4 is 17.6 Å². The summed E-state index contributed by atoms with van der Waals surface area (Å²) in [4.78, 5) is 13.3. The van der Waals surface area contributed by atoms with Gasteiger partial charge in [0.05, 0.1) is 17.5 Å². The molecule has 1 aliphatic rings. The second kappa shape index (κ2) is 8.36. The number of alkyl halides is 3. The van der Waals surface area contributed by atoms with Crippen molar-refractivity contribution in [3.63, 3.8) is 0 Å². The van der Waals surface area contributed by atoms with Crippen LogP contribution in [0.2, 0.25) is 5.02 Å². The molecule has 0 aromatic heterocycles. The molecule has 3 rings (SSSR count). The van der Waals surface area contributed by atoms with Crippen molar-refractivity contribution in [3.8, 4) is 0 Å². The summed E-state index contributed by atoms with van der Waals surface area (Å²) in [6.07, 6.45) is -3.57. The summed E-state index contributed by atoms with van der Waals surface area (Å²) in [6, 6.07) is 8.78. The summed E-state index contributed by atoms with van der Waals surface area (Å²) in [7, 11) is 0. The van der Waals surface area contributed by atoms with E-state index < -0.39 is 29.7 Å². The molecular weight excluding hydrogens is 403 g/mol. The molecule has 0 amide bonds. The molecule has 0 saturated carbocycles. The summed E-state index contributed by atoms with van der Waals surface area (Å²) in [5, 5.41) is 9.54. The van der Waals surface area contributed by atoms with Gasteiger partial charge >= 0.3 is 12.1 Å². The predicted molar refractivity (Wildman–Crippen MR) is 106 cm³/mol. The third-order valence-corrected chi connectivity index (χ3v) is 5.93. The fourth-order valence-electron chi connectivity index (χ4n) is 4.03. The van der Waals surface area contributed by atoms with Gasteiger partial charge in [-0.05, 0) is 74.7 Å². The summed E-state index contributed by atoms with van der Waals surface area (Å²) in [5.41, 5.74) is 2.55. The van der Waals surface area contributed by atoms with Crippen LogP contribution in [0.15, 0.2) is 36.4 Å². The van der Waals surface area contributed by atoms with E-state index in [1.165, 1.54) is 6.07 Å². The smallest absolute Gasteiger partial charge is 0.416 e. The van der Waals surface area contributed by atoms with Crippen molar-refractivity contribution in [2.45, 2.75) is 38.9 Å². The number of hydrogen-bond donors (Lipinski definition) is 1. The van der Waals surface area contributed by atoms with E-state index in [4.69, 9.17) is 11.6 Å². The zero-order valence-corrected chi connectivity index (χ0v) is 17.0.